The molecule has 2 aromatic rings. The number of hydrogen-bond donors (Lipinski definition) is 1. The van der Waals surface area contributed by atoms with E-state index < -0.39 is 9.84 Å². The van der Waals surface area contributed by atoms with Crippen molar-refractivity contribution < 1.29 is 13.2 Å². The summed E-state index contributed by atoms with van der Waals surface area (Å²) in [5.74, 6) is 0.157. The van der Waals surface area contributed by atoms with Crippen molar-refractivity contribution in [2.45, 2.75) is 37.0 Å². The molecule has 24 heavy (non-hydrogen) atoms. The molecule has 0 heterocycles. The average molecular weight is 343 g/mol. The molecule has 0 aromatic heterocycles. The first kappa shape index (κ1) is 16.7. The minimum Gasteiger partial charge on any atom is -0.326 e. The smallest absolute Gasteiger partial charge is 0.224 e. The highest BCUT2D eigenvalue weighted by Crippen LogP contribution is 2.35. The number of rotatable bonds is 4. The number of amides is 1. The van der Waals surface area contributed by atoms with Crippen molar-refractivity contribution in [3.63, 3.8) is 0 Å². The van der Waals surface area contributed by atoms with Crippen molar-refractivity contribution in [2.24, 2.45) is 0 Å². The average Bonchev–Trinajstić information content (AvgIpc) is 2.91. The lowest BCUT2D eigenvalue weighted by Crippen LogP contribution is -2.15. The molecule has 1 N–H and O–H groups in total. The van der Waals surface area contributed by atoms with Gasteiger partial charge in [0, 0.05) is 18.4 Å². The molecule has 0 radical (unpaired) electrons. The lowest BCUT2D eigenvalue weighted by Gasteiger charge is -2.14. The number of anilines is 1. The summed E-state index contributed by atoms with van der Waals surface area (Å²) >= 11 is 0. The van der Waals surface area contributed by atoms with E-state index >= 15 is 0 Å². The predicted molar refractivity (Wildman–Crippen MR) is 95.0 cm³/mol. The third kappa shape index (κ3) is 3.51. The van der Waals surface area contributed by atoms with Gasteiger partial charge >= 0.3 is 0 Å². The van der Waals surface area contributed by atoms with E-state index in [0.29, 0.717) is 12.1 Å². The van der Waals surface area contributed by atoms with Gasteiger partial charge in [0.2, 0.25) is 5.91 Å². The zero-order chi connectivity index (χ0) is 17.3. The number of carbonyl (C=O) groups is 1. The lowest BCUT2D eigenvalue weighted by molar-refractivity contribution is -0.116. The molecule has 3 rings (SSSR count). The van der Waals surface area contributed by atoms with Crippen LogP contribution in [-0.4, -0.2) is 20.6 Å². The van der Waals surface area contributed by atoms with Crippen molar-refractivity contribution in [3.8, 4) is 0 Å². The van der Waals surface area contributed by atoms with Gasteiger partial charge in [-0.05, 0) is 54.5 Å². The van der Waals surface area contributed by atoms with Gasteiger partial charge < -0.3 is 5.32 Å². The zero-order valence-corrected chi connectivity index (χ0v) is 14.7. The molecule has 2 aromatic carbocycles. The second-order valence-corrected chi connectivity index (χ2v) is 8.45. The fourth-order valence-corrected chi connectivity index (χ4v) is 3.90. The number of nitrogens with one attached hydrogen (secondary N) is 1. The SMILES string of the molecule is Cc1ccc(S(C)(=O)=O)cc1NC(=O)CC1CCc2ccccc21. The van der Waals surface area contributed by atoms with Crippen LogP contribution in [0.25, 0.3) is 0 Å². The van der Waals surface area contributed by atoms with Crippen LogP contribution in [0.3, 0.4) is 0 Å². The van der Waals surface area contributed by atoms with E-state index in [1.165, 1.54) is 23.4 Å². The van der Waals surface area contributed by atoms with Crippen LogP contribution >= 0.6 is 0 Å². The summed E-state index contributed by atoms with van der Waals surface area (Å²) in [6.45, 7) is 1.85. The van der Waals surface area contributed by atoms with E-state index in [1.807, 2.05) is 19.1 Å². The Balaban J connectivity index is 1.74. The molecule has 126 valence electrons. The highest BCUT2D eigenvalue weighted by atomic mass is 32.2. The predicted octanol–water partition coefficient (Wildman–Crippen LogP) is 3.46. The molecule has 1 unspecified atom stereocenters. The number of aryl methyl sites for hydroxylation is 2. The molecule has 0 aliphatic heterocycles. The minimum atomic E-state index is -3.29. The molecule has 5 heteroatoms. The fourth-order valence-electron chi connectivity index (χ4n) is 3.25. The van der Waals surface area contributed by atoms with Crippen molar-refractivity contribution in [1.29, 1.82) is 0 Å². The van der Waals surface area contributed by atoms with Crippen LogP contribution in [-0.2, 0) is 21.1 Å². The number of carbonyl (C=O) groups excluding carboxylic acids is 1. The van der Waals surface area contributed by atoms with Gasteiger partial charge in [-0.25, -0.2) is 8.42 Å². The maximum atomic E-state index is 12.4. The van der Waals surface area contributed by atoms with Crippen LogP contribution in [0.1, 0.15) is 35.4 Å². The molecule has 0 saturated carbocycles. The van der Waals surface area contributed by atoms with E-state index in [4.69, 9.17) is 0 Å². The fraction of sp³-hybridized carbons (Fsp3) is 0.316. The third-order valence-electron chi connectivity index (χ3n) is 4.60. The lowest BCUT2D eigenvalue weighted by atomic mass is 9.97. The summed E-state index contributed by atoms with van der Waals surface area (Å²) in [7, 11) is -3.29. The molecule has 1 aliphatic carbocycles. The Bertz CT molecular complexity index is 887. The van der Waals surface area contributed by atoms with E-state index in [9.17, 15) is 13.2 Å². The molecule has 0 bridgehead atoms. The van der Waals surface area contributed by atoms with Gasteiger partial charge in [-0.3, -0.25) is 4.79 Å². The summed E-state index contributed by atoms with van der Waals surface area (Å²) in [6, 6.07) is 13.1. The Kier molecular flexibility index (Phi) is 4.45. The molecule has 0 fully saturated rings. The van der Waals surface area contributed by atoms with E-state index in [1.54, 1.807) is 12.1 Å². The Labute approximate surface area is 142 Å². The van der Waals surface area contributed by atoms with Gasteiger partial charge in [0.1, 0.15) is 0 Å². The Morgan fingerprint density at radius 3 is 2.71 bits per heavy atom. The van der Waals surface area contributed by atoms with Crippen molar-refractivity contribution in [1.82, 2.24) is 0 Å². The largest absolute Gasteiger partial charge is 0.326 e. The number of sulfone groups is 1. The molecule has 1 amide bonds. The maximum Gasteiger partial charge on any atom is 0.224 e. The van der Waals surface area contributed by atoms with E-state index in [2.05, 4.69) is 17.4 Å². The summed E-state index contributed by atoms with van der Waals surface area (Å²) in [4.78, 5) is 12.6. The van der Waals surface area contributed by atoms with E-state index in [0.717, 1.165) is 18.4 Å². The number of benzene rings is 2. The molecule has 0 saturated heterocycles. The highest BCUT2D eigenvalue weighted by Gasteiger charge is 2.24. The van der Waals surface area contributed by atoms with Crippen LogP contribution in [0, 0.1) is 6.92 Å². The highest BCUT2D eigenvalue weighted by molar-refractivity contribution is 7.90. The van der Waals surface area contributed by atoms with Gasteiger partial charge in [-0.2, -0.15) is 0 Å². The minimum absolute atomic E-state index is 0.0783. The Morgan fingerprint density at radius 1 is 1.21 bits per heavy atom. The van der Waals surface area contributed by atoms with Crippen LogP contribution in [0.4, 0.5) is 5.69 Å². The monoisotopic (exact) mass is 343 g/mol. The first-order chi connectivity index (χ1) is 11.3. The molecule has 0 spiro atoms. The van der Waals surface area contributed by atoms with Gasteiger partial charge in [0.05, 0.1) is 4.90 Å². The summed E-state index contributed by atoms with van der Waals surface area (Å²) in [6.07, 6.45) is 3.57. The Morgan fingerprint density at radius 2 is 1.96 bits per heavy atom. The summed E-state index contributed by atoms with van der Waals surface area (Å²) < 4.78 is 23.4. The van der Waals surface area contributed by atoms with Gasteiger partial charge in [0.25, 0.3) is 0 Å². The molecule has 1 aliphatic rings. The number of fused-ring (bicyclic) bond motifs is 1. The van der Waals surface area contributed by atoms with Crippen molar-refractivity contribution >= 4 is 21.4 Å². The van der Waals surface area contributed by atoms with Gasteiger partial charge in [-0.1, -0.05) is 30.3 Å². The first-order valence-electron chi connectivity index (χ1n) is 8.03. The Hall–Kier alpha value is -2.14. The van der Waals surface area contributed by atoms with Crippen LogP contribution < -0.4 is 5.32 Å². The van der Waals surface area contributed by atoms with E-state index in [-0.39, 0.29) is 16.7 Å². The van der Waals surface area contributed by atoms with Gasteiger partial charge in [-0.15, -0.1) is 0 Å². The standard InChI is InChI=1S/C19H21NO3S/c1-13-7-10-16(24(2,22)23)12-18(13)20-19(21)11-15-9-8-14-5-3-4-6-17(14)15/h3-7,10,12,15H,8-9,11H2,1-2H3,(H,20,21). The second kappa shape index (κ2) is 6.40. The quantitative estimate of drug-likeness (QED) is 0.925. The molecular weight excluding hydrogens is 322 g/mol. The molecule has 4 nitrogen and oxygen atoms in total. The molecular formula is C19H21NO3S. The van der Waals surface area contributed by atoms with Crippen LogP contribution in [0.2, 0.25) is 0 Å². The third-order valence-corrected chi connectivity index (χ3v) is 5.71. The summed E-state index contributed by atoms with van der Waals surface area (Å²) in [5, 5.41) is 2.88. The maximum absolute atomic E-state index is 12.4. The van der Waals surface area contributed by atoms with Gasteiger partial charge in [0.15, 0.2) is 9.84 Å². The summed E-state index contributed by atoms with van der Waals surface area (Å²) in [5.41, 5.74) is 4.00. The van der Waals surface area contributed by atoms with Crippen LogP contribution in [0.15, 0.2) is 47.4 Å². The normalized spacial score (nSPS) is 16.7. The number of hydrogen-bond acceptors (Lipinski definition) is 3. The topological polar surface area (TPSA) is 63.2 Å². The zero-order valence-electron chi connectivity index (χ0n) is 13.9. The van der Waals surface area contributed by atoms with Crippen LogP contribution in [0.5, 0.6) is 0 Å². The van der Waals surface area contributed by atoms with Crippen molar-refractivity contribution in [3.05, 3.63) is 59.2 Å². The molecule has 1 atom stereocenters. The second-order valence-electron chi connectivity index (χ2n) is 6.44. The first-order valence-corrected chi connectivity index (χ1v) is 9.92. The van der Waals surface area contributed by atoms with Crippen molar-refractivity contribution in [2.75, 3.05) is 11.6 Å².